The molecule has 1 atom stereocenters. The Bertz CT molecular complexity index is 9430. The molecule has 2 aliphatic rings. The number of carbonyl (C=O) groups excluding carboxylic acids is 3. The average Bonchev–Trinajstić information content (AvgIpc) is 0.658. The molecule has 2 heterocycles. The Morgan fingerprint density at radius 1 is 0.236 bits per heavy atom. The van der Waals surface area contributed by atoms with Crippen LogP contribution in [0.1, 0.15) is 144 Å². The maximum Gasteiger partial charge on any atom is 0.294 e. The van der Waals surface area contributed by atoms with Gasteiger partial charge in [0.1, 0.15) is 23.0 Å². The number of ether oxygens (including phenoxy) is 4. The van der Waals surface area contributed by atoms with Gasteiger partial charge in [0.25, 0.3) is 98.7 Å². The summed E-state index contributed by atoms with van der Waals surface area (Å²) in [6.45, 7) is 15.0. The summed E-state index contributed by atoms with van der Waals surface area (Å²) in [5.74, 6) is -8.53. The second kappa shape index (κ2) is 35.6. The van der Waals surface area contributed by atoms with Gasteiger partial charge in [0.2, 0.25) is 0 Å². The SMILES string of the molecule is CC(C)c1cccc(C(C)C)c1N1C(=O)c2ccc3c4c(Oc5ccc(S(=O)(=O)O)cc5-c5ccc(S(=O)(=O)O)cc5)c(Oc5ccc(S(=O)(=O)O)cc5-c5ccc(S(=O)(=O)O)cc5)c5c6ccc7c8c(ccc(c9c(Oc%10ccc(S(=O)(=O)O)cc%10-c%10ccc(S(=O)(=O)O)cc%10)c(Oc%10ccc(S(=O)(=O)O)cc%10-c%10ccc(S(=O)(=O)O)cc%10)c(c%10ccc(c2c3%10)C1=O)c4c59)c86)C(O)N(c1c(C(C)C)cccc1C(C)C)C7=O. The Balaban J connectivity index is 1.07. The quantitative estimate of drug-likeness (QED) is 0.0105. The van der Waals surface area contributed by atoms with E-state index in [0.717, 1.165) is 175 Å². The highest BCUT2D eigenvalue weighted by Crippen LogP contribution is 2.65. The van der Waals surface area contributed by atoms with Crippen molar-refractivity contribution in [2.24, 2.45) is 0 Å². The first-order chi connectivity index (χ1) is 69.5. The van der Waals surface area contributed by atoms with Gasteiger partial charge in [-0.3, -0.25) is 55.7 Å². The number of para-hydroxylation sites is 2. The molecular weight excluding hydrogens is 2070 g/mol. The van der Waals surface area contributed by atoms with Crippen LogP contribution in [0.25, 0.3) is 120 Å². The van der Waals surface area contributed by atoms with Gasteiger partial charge in [0.15, 0.2) is 29.2 Å². The zero-order valence-corrected chi connectivity index (χ0v) is 84.7. The van der Waals surface area contributed by atoms with Crippen molar-refractivity contribution in [3.63, 3.8) is 0 Å². The molecule has 0 aliphatic carbocycles. The Morgan fingerprint density at radius 3 is 0.716 bits per heavy atom. The molecule has 0 fully saturated rings. The lowest BCUT2D eigenvalue weighted by Crippen LogP contribution is -2.41. The molecule has 9 N–H and O–H groups in total. The van der Waals surface area contributed by atoms with Gasteiger partial charge in [-0.25, -0.2) is 4.90 Å². The number of aliphatic hydroxyl groups is 1. The Kier molecular flexibility index (Phi) is 24.2. The minimum atomic E-state index is -5.34. The highest BCUT2D eigenvalue weighted by atomic mass is 32.2. The predicted octanol–water partition coefficient (Wildman–Crippen LogP) is 22.4. The van der Waals surface area contributed by atoms with E-state index in [4.69, 9.17) is 18.9 Å². The molecule has 1 unspecified atom stereocenters. The molecule has 20 rings (SSSR count). The average molecular weight is 2150 g/mol. The first-order valence-corrected chi connectivity index (χ1v) is 56.6. The van der Waals surface area contributed by atoms with E-state index in [-0.39, 0.29) is 172 Å². The van der Waals surface area contributed by atoms with E-state index >= 15 is 14.4 Å². The highest BCUT2D eigenvalue weighted by Gasteiger charge is 2.45. The summed E-state index contributed by atoms with van der Waals surface area (Å²) in [6.07, 6.45) is -1.96. The third-order valence-electron chi connectivity index (χ3n) is 26.7. The lowest BCUT2D eigenvalue weighted by molar-refractivity contribution is 0.0870. The molecule has 0 aromatic heterocycles. The number of hydrogen-bond acceptors (Lipinski definition) is 24. The monoisotopic (exact) mass is 2150 g/mol. The summed E-state index contributed by atoms with van der Waals surface area (Å²) in [6, 6.07) is 50.2. The number of amides is 3. The summed E-state index contributed by atoms with van der Waals surface area (Å²) in [5, 5.41) is 11.8. The molecule has 148 heavy (non-hydrogen) atoms. The lowest BCUT2D eigenvalue weighted by atomic mass is 9.79. The molecular formula is C106H80N2O32S8. The van der Waals surface area contributed by atoms with Crippen LogP contribution in [0.3, 0.4) is 0 Å². The fraction of sp³-hybridized carbons (Fsp3) is 0.123. The molecule has 0 bridgehead atoms. The third kappa shape index (κ3) is 17.1. The number of anilines is 2. The van der Waals surface area contributed by atoms with Crippen molar-refractivity contribution in [1.29, 1.82) is 0 Å². The molecule has 2 aliphatic heterocycles. The smallest absolute Gasteiger partial charge is 0.294 e. The Morgan fingerprint density at radius 2 is 0.466 bits per heavy atom. The number of benzene rings is 18. The molecule has 754 valence electrons. The van der Waals surface area contributed by atoms with Gasteiger partial charge in [0.05, 0.1) is 50.5 Å². The summed E-state index contributed by atoms with van der Waals surface area (Å²) >= 11 is 0. The molecule has 0 saturated heterocycles. The number of fused-ring (bicyclic) bond motifs is 4. The normalized spacial score (nSPS) is 14.2. The van der Waals surface area contributed by atoms with Gasteiger partial charge >= 0.3 is 0 Å². The molecule has 3 amide bonds. The number of nitrogens with zero attached hydrogens (tertiary/aromatic N) is 2. The summed E-state index contributed by atoms with van der Waals surface area (Å²) in [7, 11) is -41.6. The van der Waals surface area contributed by atoms with E-state index in [9.17, 15) is 109 Å². The van der Waals surface area contributed by atoms with Gasteiger partial charge in [0, 0.05) is 87.6 Å². The van der Waals surface area contributed by atoms with E-state index in [2.05, 4.69) is 0 Å². The second-order valence-electron chi connectivity index (χ2n) is 36.9. The number of imide groups is 1. The zero-order valence-electron chi connectivity index (χ0n) is 78.2. The fourth-order valence-electron chi connectivity index (χ4n) is 20.0. The van der Waals surface area contributed by atoms with E-state index in [1.165, 1.54) is 53.4 Å². The summed E-state index contributed by atoms with van der Waals surface area (Å²) in [5.41, 5.74) is 0.343. The van der Waals surface area contributed by atoms with Crippen LogP contribution < -0.4 is 28.7 Å². The minimum Gasteiger partial charge on any atom is -0.452 e. The standard InChI is InChI=1S/C106H80N2O32S8/c1-51(2)67-11-9-12-68(52(3)4)97(67)107-103(109)75-39-35-71-87-72(36-40-76(89(75)87)104(107)110)92-95-91(71)99(137-83-43-31-63(145(125,126)127)47-79(83)55-15-23-59(24-16-55)141(113,114)115)101(139-85-45-33-65(147(131,132)133)49-81(85)57-19-27-61(28-20-57)143(119,120)121)93-73-37-41-77-90-78(106(112)108(105(77)111)98-69(53(5)6)13-10-14-70(98)54(7)8)42-38-74(88(73)90)94(96(93)95)102(140-86-46-34-66(148(134,135)136)50-82(86)58-21-29-62(30-22-58)144(122,123)124)100(92)138-84-44-32-64(146(128,129)130)48-80(84)56-17-25-60(26-18-56)142(116,117)118/h9-54,103,109H,1-8H3,(H,113,114,115)(H,116,117,118)(H,119,120,121)(H,122,123,124)(H,125,126,127)(H,128,129,130)(H,131,132,133)(H,134,135,136). The number of aliphatic hydroxyl groups excluding tert-OH is 1. The highest BCUT2D eigenvalue weighted by molar-refractivity contribution is 7.87. The van der Waals surface area contributed by atoms with Crippen LogP contribution in [0, 0.1) is 0 Å². The van der Waals surface area contributed by atoms with Gasteiger partial charge in [-0.1, -0.05) is 171 Å². The first-order valence-electron chi connectivity index (χ1n) is 45.1. The van der Waals surface area contributed by atoms with E-state index in [1.807, 2.05) is 61.5 Å². The Hall–Kier alpha value is -14.7. The largest absolute Gasteiger partial charge is 0.452 e. The minimum absolute atomic E-state index is 0.000129. The number of hydrogen-bond donors (Lipinski definition) is 9. The van der Waals surface area contributed by atoms with Crippen molar-refractivity contribution >= 4 is 185 Å². The zero-order chi connectivity index (χ0) is 106. The van der Waals surface area contributed by atoms with Crippen LogP contribution in [0.2, 0.25) is 0 Å². The lowest BCUT2D eigenvalue weighted by Gasteiger charge is -2.38. The molecule has 0 radical (unpaired) electrons. The second-order valence-corrected chi connectivity index (χ2v) is 48.2. The molecule has 0 saturated carbocycles. The molecule has 18 aromatic rings. The van der Waals surface area contributed by atoms with E-state index in [1.54, 1.807) is 30.3 Å². The van der Waals surface area contributed by atoms with Crippen molar-refractivity contribution in [1.82, 2.24) is 0 Å². The first kappa shape index (κ1) is 101. The molecule has 18 aromatic carbocycles. The van der Waals surface area contributed by atoms with Crippen molar-refractivity contribution in [2.45, 2.75) is 124 Å². The van der Waals surface area contributed by atoms with Gasteiger partial charge in [-0.05, 0) is 240 Å². The van der Waals surface area contributed by atoms with Crippen molar-refractivity contribution in [2.75, 3.05) is 9.80 Å². The fourth-order valence-corrected chi connectivity index (χ4v) is 23.9. The number of rotatable bonds is 26. The van der Waals surface area contributed by atoms with Gasteiger partial charge < -0.3 is 24.1 Å². The van der Waals surface area contributed by atoms with Crippen LogP contribution in [0.15, 0.2) is 294 Å². The van der Waals surface area contributed by atoms with Crippen LogP contribution in [0.5, 0.6) is 46.0 Å². The topological polar surface area (TPSA) is 550 Å². The predicted molar refractivity (Wildman–Crippen MR) is 550 cm³/mol. The van der Waals surface area contributed by atoms with Crippen LogP contribution in [-0.4, -0.2) is 127 Å². The van der Waals surface area contributed by atoms with Gasteiger partial charge in [-0.15, -0.1) is 0 Å². The van der Waals surface area contributed by atoms with E-state index in [0.29, 0.717) is 27.9 Å². The molecule has 0 spiro atoms. The van der Waals surface area contributed by atoms with Crippen LogP contribution in [0.4, 0.5) is 11.4 Å². The van der Waals surface area contributed by atoms with Crippen molar-refractivity contribution in [3.8, 4) is 90.5 Å². The maximum absolute atomic E-state index is 16.8. The Labute approximate surface area is 845 Å². The van der Waals surface area contributed by atoms with Gasteiger partial charge in [-0.2, -0.15) is 67.3 Å². The van der Waals surface area contributed by atoms with Crippen molar-refractivity contribution in [3.05, 3.63) is 299 Å². The van der Waals surface area contributed by atoms with Crippen LogP contribution >= 0.6 is 0 Å². The number of carbonyl (C=O) groups is 3. The summed E-state index contributed by atoms with van der Waals surface area (Å²) < 4.78 is 332. The maximum atomic E-state index is 16.8. The van der Waals surface area contributed by atoms with E-state index < -0.39 is 190 Å². The third-order valence-corrected chi connectivity index (χ3v) is 33.6. The van der Waals surface area contributed by atoms with Crippen molar-refractivity contribution < 1.29 is 142 Å². The molecule has 34 nitrogen and oxygen atoms in total. The molecule has 42 heteroatoms. The van der Waals surface area contributed by atoms with Crippen LogP contribution in [-0.2, 0) is 80.9 Å². The summed E-state index contributed by atoms with van der Waals surface area (Å²) in [4.78, 5) is 46.5.